The number of piperazine rings is 1. The lowest BCUT2D eigenvalue weighted by molar-refractivity contribution is 0.0123. The number of fused-ring (bicyclic) bond motifs is 4. The summed E-state index contributed by atoms with van der Waals surface area (Å²) in [6.45, 7) is 6.27. The van der Waals surface area contributed by atoms with E-state index in [1.165, 1.54) is 43.1 Å². The number of hydrogen-bond donors (Lipinski definition) is 0. The molecule has 4 heterocycles. The SMILES string of the molecule is C#Cc1c(F)ccc2cc(OCOC)cc(-c3ncc4c(N5CC6CCC(C5)N6C(=O)OC(C)(C)C)c(Br)c(=O)n(C)c4c3F)c12. The van der Waals surface area contributed by atoms with E-state index in [4.69, 9.17) is 20.6 Å². The Hall–Kier alpha value is -4.21. The number of carbonyl (C=O) groups excluding carboxylic acids is 1. The van der Waals surface area contributed by atoms with Gasteiger partial charge in [0.15, 0.2) is 12.6 Å². The number of anilines is 1. The zero-order chi connectivity index (χ0) is 33.1. The Kier molecular flexibility index (Phi) is 8.19. The van der Waals surface area contributed by atoms with Crippen LogP contribution >= 0.6 is 15.9 Å². The van der Waals surface area contributed by atoms with Crippen molar-refractivity contribution in [3.8, 4) is 29.4 Å². The predicted octanol–water partition coefficient (Wildman–Crippen LogP) is 6.35. The van der Waals surface area contributed by atoms with Gasteiger partial charge in [0, 0.05) is 49.8 Å². The summed E-state index contributed by atoms with van der Waals surface area (Å²) >= 11 is 3.49. The number of hydrogen-bond acceptors (Lipinski definition) is 7. The van der Waals surface area contributed by atoms with Gasteiger partial charge in [0.25, 0.3) is 5.56 Å². The van der Waals surface area contributed by atoms with Crippen LogP contribution in [-0.4, -0.2) is 65.2 Å². The molecule has 12 heteroatoms. The summed E-state index contributed by atoms with van der Waals surface area (Å²) in [5.41, 5.74) is -0.530. The molecular weight excluding hydrogens is 662 g/mol. The molecule has 0 N–H and O–H groups in total. The second kappa shape index (κ2) is 11.9. The molecule has 2 bridgehead atoms. The minimum Gasteiger partial charge on any atom is -0.468 e. The molecule has 2 aromatic carbocycles. The average Bonchev–Trinajstić information content (AvgIpc) is 3.27. The van der Waals surface area contributed by atoms with Crippen molar-refractivity contribution in [2.45, 2.75) is 51.3 Å². The minimum absolute atomic E-state index is 0.0187. The van der Waals surface area contributed by atoms with Crippen LogP contribution in [-0.2, 0) is 16.5 Å². The van der Waals surface area contributed by atoms with Gasteiger partial charge in [-0.1, -0.05) is 12.0 Å². The first-order valence-corrected chi connectivity index (χ1v) is 15.6. The monoisotopic (exact) mass is 694 g/mol. The first kappa shape index (κ1) is 31.8. The number of aryl methyl sites for hydroxylation is 1. The second-order valence-corrected chi connectivity index (χ2v) is 13.4. The van der Waals surface area contributed by atoms with E-state index in [2.05, 4.69) is 26.8 Å². The van der Waals surface area contributed by atoms with E-state index < -0.39 is 22.8 Å². The van der Waals surface area contributed by atoms with Crippen LogP contribution in [0.4, 0.5) is 19.3 Å². The van der Waals surface area contributed by atoms with E-state index >= 15 is 4.39 Å². The van der Waals surface area contributed by atoms with Gasteiger partial charge in [-0.05, 0) is 73.1 Å². The van der Waals surface area contributed by atoms with Crippen LogP contribution in [0, 0.1) is 24.0 Å². The molecule has 46 heavy (non-hydrogen) atoms. The topological polar surface area (TPSA) is 86.1 Å². The molecule has 4 aromatic rings. The van der Waals surface area contributed by atoms with Crippen molar-refractivity contribution in [1.29, 1.82) is 0 Å². The van der Waals surface area contributed by atoms with Crippen molar-refractivity contribution < 1.29 is 27.8 Å². The summed E-state index contributed by atoms with van der Waals surface area (Å²) in [6, 6.07) is 5.68. The molecule has 1 amide bonds. The van der Waals surface area contributed by atoms with Gasteiger partial charge in [0.2, 0.25) is 0 Å². The van der Waals surface area contributed by atoms with Gasteiger partial charge >= 0.3 is 6.09 Å². The Labute approximate surface area is 273 Å². The number of methoxy groups -OCH3 is 1. The van der Waals surface area contributed by atoms with Crippen LogP contribution in [0.5, 0.6) is 5.75 Å². The number of ether oxygens (including phenoxy) is 3. The Morgan fingerprint density at radius 2 is 1.87 bits per heavy atom. The zero-order valence-electron chi connectivity index (χ0n) is 26.1. The third-order valence-corrected chi connectivity index (χ3v) is 9.19. The van der Waals surface area contributed by atoms with E-state index in [1.807, 2.05) is 25.7 Å². The summed E-state index contributed by atoms with van der Waals surface area (Å²) in [4.78, 5) is 35.0. The van der Waals surface area contributed by atoms with Gasteiger partial charge in [0.05, 0.1) is 28.9 Å². The molecule has 0 spiro atoms. The van der Waals surface area contributed by atoms with E-state index in [9.17, 15) is 14.0 Å². The van der Waals surface area contributed by atoms with Crippen molar-refractivity contribution in [3.63, 3.8) is 0 Å². The Bertz CT molecular complexity index is 1990. The van der Waals surface area contributed by atoms with Crippen molar-refractivity contribution >= 4 is 49.4 Å². The van der Waals surface area contributed by atoms with Crippen molar-refractivity contribution in [1.82, 2.24) is 14.5 Å². The third kappa shape index (κ3) is 5.35. The smallest absolute Gasteiger partial charge is 0.410 e. The molecule has 2 aliphatic rings. The number of amides is 1. The Morgan fingerprint density at radius 1 is 1.17 bits per heavy atom. The fourth-order valence-corrected chi connectivity index (χ4v) is 7.32. The molecule has 2 atom stereocenters. The Balaban J connectivity index is 1.51. The van der Waals surface area contributed by atoms with Crippen molar-refractivity contribution in [3.05, 3.63) is 62.5 Å². The molecule has 240 valence electrons. The fourth-order valence-electron chi connectivity index (χ4n) is 6.59. The number of halogens is 3. The highest BCUT2D eigenvalue weighted by Gasteiger charge is 2.45. The van der Waals surface area contributed by atoms with Crippen LogP contribution < -0.4 is 15.2 Å². The first-order valence-electron chi connectivity index (χ1n) is 14.8. The lowest BCUT2D eigenvalue weighted by Crippen LogP contribution is -2.57. The molecule has 2 aliphatic heterocycles. The average molecular weight is 696 g/mol. The van der Waals surface area contributed by atoms with E-state index in [1.54, 1.807) is 11.0 Å². The van der Waals surface area contributed by atoms with E-state index in [0.29, 0.717) is 35.3 Å². The van der Waals surface area contributed by atoms with Crippen LogP contribution in [0.15, 0.2) is 39.7 Å². The molecule has 0 aliphatic carbocycles. The molecule has 2 fully saturated rings. The van der Waals surface area contributed by atoms with Gasteiger partial charge < -0.3 is 23.7 Å². The van der Waals surface area contributed by atoms with Gasteiger partial charge in [0.1, 0.15) is 27.3 Å². The zero-order valence-corrected chi connectivity index (χ0v) is 27.7. The second-order valence-electron chi connectivity index (χ2n) is 12.6. The molecule has 9 nitrogen and oxygen atoms in total. The fraction of sp³-hybridized carbons (Fsp3) is 0.382. The summed E-state index contributed by atoms with van der Waals surface area (Å²) in [5, 5.41) is 1.21. The largest absolute Gasteiger partial charge is 0.468 e. The maximum atomic E-state index is 16.9. The van der Waals surface area contributed by atoms with E-state index in [-0.39, 0.29) is 57.2 Å². The number of nitrogens with zero attached hydrogens (tertiary/aromatic N) is 4. The van der Waals surface area contributed by atoms with Crippen molar-refractivity contribution in [2.75, 3.05) is 31.9 Å². The predicted molar refractivity (Wildman–Crippen MR) is 175 cm³/mol. The van der Waals surface area contributed by atoms with Crippen LogP contribution in [0.3, 0.4) is 0 Å². The number of pyridine rings is 2. The van der Waals surface area contributed by atoms with E-state index in [0.717, 1.165) is 12.8 Å². The summed E-state index contributed by atoms with van der Waals surface area (Å²) in [5.74, 6) is 1.31. The number of terminal acetylenes is 1. The molecule has 0 radical (unpaired) electrons. The van der Waals surface area contributed by atoms with Crippen LogP contribution in [0.2, 0.25) is 0 Å². The Morgan fingerprint density at radius 3 is 2.50 bits per heavy atom. The third-order valence-electron chi connectivity index (χ3n) is 8.47. The highest BCUT2D eigenvalue weighted by Crippen LogP contribution is 2.42. The molecule has 2 aromatic heterocycles. The minimum atomic E-state index is -0.779. The van der Waals surface area contributed by atoms with Crippen LogP contribution in [0.25, 0.3) is 32.9 Å². The lowest BCUT2D eigenvalue weighted by atomic mass is 9.95. The molecule has 6 rings (SSSR count). The highest BCUT2D eigenvalue weighted by molar-refractivity contribution is 9.10. The summed E-state index contributed by atoms with van der Waals surface area (Å²) in [6.07, 6.45) is 8.42. The normalized spacial score (nSPS) is 17.9. The molecular formula is C34H33BrF2N4O5. The molecule has 0 saturated carbocycles. The lowest BCUT2D eigenvalue weighted by Gasteiger charge is -2.42. The molecule has 2 saturated heterocycles. The maximum absolute atomic E-state index is 16.9. The number of benzene rings is 2. The number of aromatic nitrogens is 2. The van der Waals surface area contributed by atoms with Gasteiger partial charge in [-0.2, -0.15) is 0 Å². The summed E-state index contributed by atoms with van der Waals surface area (Å²) < 4.78 is 49.7. The highest BCUT2D eigenvalue weighted by atomic mass is 79.9. The molecule has 2 unspecified atom stereocenters. The first-order chi connectivity index (χ1) is 21.8. The summed E-state index contributed by atoms with van der Waals surface area (Å²) in [7, 11) is 2.95. The van der Waals surface area contributed by atoms with Gasteiger partial charge in [-0.25, -0.2) is 13.6 Å². The van der Waals surface area contributed by atoms with Crippen molar-refractivity contribution in [2.24, 2.45) is 7.05 Å². The number of carbonyl (C=O) groups is 1. The maximum Gasteiger partial charge on any atom is 0.410 e. The standard InChI is InChI=1S/C34H33BrF2N4O5/c1-7-22-25(36)11-8-18-12-21(45-17-44-6)13-23(26(18)22)29-28(37)31-24(14-38-29)30(27(35)32(42)39(31)5)40-15-19-9-10-20(16-40)41(19)33(43)46-34(2,3)4/h1,8,11-14,19-20H,9-10,15-17H2,2-6H3. The van der Waals surface area contributed by atoms with Gasteiger partial charge in [-0.3, -0.25) is 14.7 Å². The van der Waals surface area contributed by atoms with Crippen LogP contribution in [0.1, 0.15) is 39.2 Å². The van der Waals surface area contributed by atoms with Gasteiger partial charge in [-0.15, -0.1) is 6.42 Å². The number of rotatable bonds is 5. The quantitative estimate of drug-likeness (QED) is 0.178.